The van der Waals surface area contributed by atoms with Crippen molar-refractivity contribution in [3.63, 3.8) is 0 Å². The second-order valence-corrected chi connectivity index (χ2v) is 4.93. The monoisotopic (exact) mass is 288 g/mol. The van der Waals surface area contributed by atoms with Crippen molar-refractivity contribution in [3.05, 3.63) is 29.8 Å². The van der Waals surface area contributed by atoms with Gasteiger partial charge in [-0.3, -0.25) is 9.69 Å². The highest BCUT2D eigenvalue weighted by Crippen LogP contribution is 2.16. The zero-order chi connectivity index (χ0) is 14.7. The first-order valence-electron chi connectivity index (χ1n) is 6.68. The molecule has 8 nitrogen and oxygen atoms in total. The Morgan fingerprint density at radius 1 is 1.43 bits per heavy atom. The third-order valence-electron chi connectivity index (χ3n) is 3.43. The molecule has 1 atom stereocenters. The fourth-order valence-electron chi connectivity index (χ4n) is 2.32. The number of H-pyrrole nitrogens is 1. The normalized spacial score (nSPS) is 19.5. The molecular weight excluding hydrogens is 272 g/mol. The minimum Gasteiger partial charge on any atom is -0.367 e. The Hall–Kier alpha value is -2.32. The molecule has 0 aliphatic carbocycles. The standard InChI is InChI=1S/C13H16N6O2/c14-12(20)11-8-19(5-6-21-11)7-9-1-3-10(4-2-9)13-15-17-18-16-13/h1-4,11H,5-8H2,(H2,14,20)(H,15,16,17,18)/t11-/m0/s1. The van der Waals surface area contributed by atoms with E-state index in [1.54, 1.807) is 0 Å². The second-order valence-electron chi connectivity index (χ2n) is 4.93. The third kappa shape index (κ3) is 3.23. The molecule has 0 unspecified atom stereocenters. The number of primary amides is 1. The van der Waals surface area contributed by atoms with Crippen LogP contribution < -0.4 is 5.73 Å². The number of nitrogens with two attached hydrogens (primary N) is 1. The molecule has 0 saturated carbocycles. The summed E-state index contributed by atoms with van der Waals surface area (Å²) in [7, 11) is 0. The maximum Gasteiger partial charge on any atom is 0.247 e. The second kappa shape index (κ2) is 5.98. The molecular formula is C13H16N6O2. The predicted octanol–water partition coefficient (Wildman–Crippen LogP) is -0.447. The van der Waals surface area contributed by atoms with Crippen LogP contribution in [0.2, 0.25) is 0 Å². The Morgan fingerprint density at radius 3 is 2.90 bits per heavy atom. The lowest BCUT2D eigenvalue weighted by Crippen LogP contribution is -2.47. The summed E-state index contributed by atoms with van der Waals surface area (Å²) in [5.74, 6) is 0.161. The number of carbonyl (C=O) groups excluding carboxylic acids is 1. The number of hydrogen-bond donors (Lipinski definition) is 2. The fourth-order valence-corrected chi connectivity index (χ4v) is 2.32. The molecule has 1 aromatic carbocycles. The summed E-state index contributed by atoms with van der Waals surface area (Å²) >= 11 is 0. The van der Waals surface area contributed by atoms with Gasteiger partial charge in [-0.25, -0.2) is 0 Å². The number of hydrogen-bond acceptors (Lipinski definition) is 6. The largest absolute Gasteiger partial charge is 0.367 e. The van der Waals surface area contributed by atoms with Gasteiger partial charge in [-0.15, -0.1) is 10.2 Å². The molecule has 8 heteroatoms. The minimum absolute atomic E-state index is 0.410. The average molecular weight is 288 g/mol. The molecule has 1 aliphatic heterocycles. The first kappa shape index (κ1) is 13.7. The molecule has 2 aromatic rings. The quantitative estimate of drug-likeness (QED) is 0.788. The van der Waals surface area contributed by atoms with Crippen LogP contribution in [-0.2, 0) is 16.1 Å². The van der Waals surface area contributed by atoms with E-state index >= 15 is 0 Å². The molecule has 1 amide bonds. The average Bonchev–Trinajstić information content (AvgIpc) is 3.02. The molecule has 1 saturated heterocycles. The number of carbonyl (C=O) groups is 1. The van der Waals surface area contributed by atoms with Crippen LogP contribution in [0.25, 0.3) is 11.4 Å². The van der Waals surface area contributed by atoms with E-state index in [1.165, 1.54) is 0 Å². The molecule has 3 N–H and O–H groups in total. The van der Waals surface area contributed by atoms with Crippen molar-refractivity contribution < 1.29 is 9.53 Å². The van der Waals surface area contributed by atoms with Crippen molar-refractivity contribution in [2.45, 2.75) is 12.6 Å². The first-order valence-corrected chi connectivity index (χ1v) is 6.68. The van der Waals surface area contributed by atoms with E-state index in [0.29, 0.717) is 19.0 Å². The third-order valence-corrected chi connectivity index (χ3v) is 3.43. The highest BCUT2D eigenvalue weighted by atomic mass is 16.5. The van der Waals surface area contributed by atoms with Crippen molar-refractivity contribution >= 4 is 5.91 Å². The van der Waals surface area contributed by atoms with Crippen LogP contribution in [-0.4, -0.2) is 57.2 Å². The highest BCUT2D eigenvalue weighted by Gasteiger charge is 2.24. The maximum absolute atomic E-state index is 11.2. The van der Waals surface area contributed by atoms with Crippen LogP contribution >= 0.6 is 0 Å². The van der Waals surface area contributed by atoms with Gasteiger partial charge in [-0.1, -0.05) is 24.3 Å². The van der Waals surface area contributed by atoms with Gasteiger partial charge < -0.3 is 10.5 Å². The number of benzene rings is 1. The van der Waals surface area contributed by atoms with Gasteiger partial charge in [0, 0.05) is 25.2 Å². The van der Waals surface area contributed by atoms with Crippen LogP contribution in [0.5, 0.6) is 0 Å². The van der Waals surface area contributed by atoms with E-state index in [-0.39, 0.29) is 0 Å². The van der Waals surface area contributed by atoms with Gasteiger partial charge in [0.15, 0.2) is 0 Å². The van der Waals surface area contributed by atoms with Crippen LogP contribution in [0.1, 0.15) is 5.56 Å². The number of aromatic nitrogens is 4. The zero-order valence-corrected chi connectivity index (χ0v) is 11.4. The Bertz CT molecular complexity index is 598. The van der Waals surface area contributed by atoms with Gasteiger partial charge in [-0.2, -0.15) is 5.21 Å². The van der Waals surface area contributed by atoms with Crippen molar-refractivity contribution in [1.82, 2.24) is 25.5 Å². The summed E-state index contributed by atoms with van der Waals surface area (Å²) in [6, 6.07) is 7.93. The zero-order valence-electron chi connectivity index (χ0n) is 11.4. The van der Waals surface area contributed by atoms with E-state index < -0.39 is 12.0 Å². The lowest BCUT2D eigenvalue weighted by molar-refractivity contribution is -0.135. The Balaban J connectivity index is 1.64. The van der Waals surface area contributed by atoms with Crippen LogP contribution in [0, 0.1) is 0 Å². The number of morpholine rings is 1. The number of ether oxygens (including phenoxy) is 1. The number of nitrogens with one attached hydrogen (secondary N) is 1. The molecule has 1 aromatic heterocycles. The topological polar surface area (TPSA) is 110 Å². The van der Waals surface area contributed by atoms with Crippen molar-refractivity contribution in [2.75, 3.05) is 19.7 Å². The molecule has 1 fully saturated rings. The van der Waals surface area contributed by atoms with Crippen molar-refractivity contribution in [3.8, 4) is 11.4 Å². The Labute approximate surface area is 121 Å². The van der Waals surface area contributed by atoms with Gasteiger partial charge in [0.25, 0.3) is 0 Å². The maximum atomic E-state index is 11.2. The van der Waals surface area contributed by atoms with E-state index in [1.807, 2.05) is 24.3 Å². The summed E-state index contributed by atoms with van der Waals surface area (Å²) < 4.78 is 5.33. The molecule has 21 heavy (non-hydrogen) atoms. The summed E-state index contributed by atoms with van der Waals surface area (Å²) in [6.07, 6.45) is -0.516. The Morgan fingerprint density at radius 2 is 2.24 bits per heavy atom. The van der Waals surface area contributed by atoms with Crippen molar-refractivity contribution in [2.24, 2.45) is 5.73 Å². The number of aromatic amines is 1. The van der Waals surface area contributed by atoms with Gasteiger partial charge in [0.2, 0.25) is 11.7 Å². The highest BCUT2D eigenvalue weighted by molar-refractivity contribution is 5.79. The molecule has 0 radical (unpaired) electrons. The molecule has 3 rings (SSSR count). The summed E-state index contributed by atoms with van der Waals surface area (Å²) in [4.78, 5) is 13.3. The number of tetrazole rings is 1. The Kier molecular flexibility index (Phi) is 3.89. The van der Waals surface area contributed by atoms with Crippen LogP contribution in [0.4, 0.5) is 0 Å². The SMILES string of the molecule is NC(=O)[C@@H]1CN(Cc2ccc(-c3nn[nH]n3)cc2)CCO1. The molecule has 0 spiro atoms. The molecule has 2 heterocycles. The number of amides is 1. The molecule has 1 aliphatic rings. The van der Waals surface area contributed by atoms with Crippen LogP contribution in [0.15, 0.2) is 24.3 Å². The van der Waals surface area contributed by atoms with Gasteiger partial charge in [0.05, 0.1) is 6.61 Å². The van der Waals surface area contributed by atoms with Crippen LogP contribution in [0.3, 0.4) is 0 Å². The van der Waals surface area contributed by atoms with E-state index in [2.05, 4.69) is 25.5 Å². The van der Waals surface area contributed by atoms with Gasteiger partial charge in [0.1, 0.15) is 6.10 Å². The lowest BCUT2D eigenvalue weighted by Gasteiger charge is -2.31. The number of nitrogens with zero attached hydrogens (tertiary/aromatic N) is 4. The van der Waals surface area contributed by atoms with Gasteiger partial charge >= 0.3 is 0 Å². The van der Waals surface area contributed by atoms with E-state index in [9.17, 15) is 4.79 Å². The predicted molar refractivity (Wildman–Crippen MR) is 73.8 cm³/mol. The van der Waals surface area contributed by atoms with E-state index in [0.717, 1.165) is 24.2 Å². The van der Waals surface area contributed by atoms with Gasteiger partial charge in [-0.05, 0) is 10.8 Å². The fraction of sp³-hybridized carbons (Fsp3) is 0.385. The van der Waals surface area contributed by atoms with E-state index in [4.69, 9.17) is 10.5 Å². The minimum atomic E-state index is -0.516. The number of rotatable bonds is 4. The molecule has 0 bridgehead atoms. The first-order chi connectivity index (χ1) is 10.2. The lowest BCUT2D eigenvalue weighted by atomic mass is 10.1. The summed E-state index contributed by atoms with van der Waals surface area (Å²) in [5, 5.41) is 13.8. The van der Waals surface area contributed by atoms with Crippen molar-refractivity contribution in [1.29, 1.82) is 0 Å². The smallest absolute Gasteiger partial charge is 0.247 e. The summed E-state index contributed by atoms with van der Waals surface area (Å²) in [5.41, 5.74) is 7.34. The molecule has 110 valence electrons. The summed E-state index contributed by atoms with van der Waals surface area (Å²) in [6.45, 7) is 2.59.